The third-order valence-electron chi connectivity index (χ3n) is 4.15. The first kappa shape index (κ1) is 15.8. The van der Waals surface area contributed by atoms with Gasteiger partial charge in [-0.25, -0.2) is 4.98 Å². The second kappa shape index (κ2) is 6.33. The van der Waals surface area contributed by atoms with Gasteiger partial charge in [0.2, 0.25) is 5.28 Å². The Kier molecular flexibility index (Phi) is 4.01. The summed E-state index contributed by atoms with van der Waals surface area (Å²) in [5, 5.41) is 3.54. The van der Waals surface area contributed by atoms with Crippen molar-refractivity contribution in [2.24, 2.45) is 0 Å². The van der Waals surface area contributed by atoms with E-state index in [2.05, 4.69) is 44.1 Å². The molecule has 128 valence electrons. The van der Waals surface area contributed by atoms with E-state index < -0.39 is 0 Å². The maximum absolute atomic E-state index is 6.10. The van der Waals surface area contributed by atoms with E-state index in [4.69, 9.17) is 11.6 Å². The van der Waals surface area contributed by atoms with Crippen molar-refractivity contribution in [1.82, 2.24) is 29.5 Å². The van der Waals surface area contributed by atoms with Crippen LogP contribution < -0.4 is 5.32 Å². The zero-order valence-electron chi connectivity index (χ0n) is 14.0. The van der Waals surface area contributed by atoms with Gasteiger partial charge in [-0.15, -0.1) is 0 Å². The van der Waals surface area contributed by atoms with Crippen LogP contribution in [0.1, 0.15) is 25.5 Å². The van der Waals surface area contributed by atoms with Crippen molar-refractivity contribution in [1.29, 1.82) is 0 Å². The third kappa shape index (κ3) is 2.91. The fraction of sp³-hybridized carbons (Fsp3) is 0.294. The number of fused-ring (bicyclic) bond motifs is 2. The SMILES string of the molecule is CC(C)n1cnc2c(NCCc3c[nH]c4cccnc34)nc(Cl)nc21. The molecule has 4 heterocycles. The molecular weight excluding hydrogens is 338 g/mol. The first-order chi connectivity index (χ1) is 12.1. The molecule has 0 saturated carbocycles. The van der Waals surface area contributed by atoms with Crippen molar-refractivity contribution >= 4 is 39.6 Å². The van der Waals surface area contributed by atoms with Gasteiger partial charge in [-0.05, 0) is 49.6 Å². The molecular formula is C17H18ClN7. The summed E-state index contributed by atoms with van der Waals surface area (Å²) in [6.45, 7) is 4.85. The fourth-order valence-electron chi connectivity index (χ4n) is 2.91. The van der Waals surface area contributed by atoms with Crippen molar-refractivity contribution in [2.45, 2.75) is 26.3 Å². The number of hydrogen-bond acceptors (Lipinski definition) is 5. The normalized spacial score (nSPS) is 11.7. The summed E-state index contributed by atoms with van der Waals surface area (Å²) >= 11 is 6.10. The monoisotopic (exact) mass is 355 g/mol. The minimum absolute atomic E-state index is 0.214. The number of H-pyrrole nitrogens is 1. The number of aromatic amines is 1. The largest absolute Gasteiger partial charge is 0.368 e. The van der Waals surface area contributed by atoms with Gasteiger partial charge in [-0.1, -0.05) is 0 Å². The molecule has 7 nitrogen and oxygen atoms in total. The standard InChI is InChI=1S/C17H18ClN7/c1-10(2)25-9-22-14-15(23-17(18)24-16(14)25)20-7-5-11-8-21-12-4-3-6-19-13(11)12/h3-4,6,8-10,21H,5,7H2,1-2H3,(H,20,23,24). The van der Waals surface area contributed by atoms with Crippen molar-refractivity contribution < 1.29 is 0 Å². The van der Waals surface area contributed by atoms with E-state index >= 15 is 0 Å². The van der Waals surface area contributed by atoms with Crippen molar-refractivity contribution in [3.63, 3.8) is 0 Å². The first-order valence-corrected chi connectivity index (χ1v) is 8.56. The first-order valence-electron chi connectivity index (χ1n) is 8.18. The molecule has 0 atom stereocenters. The molecule has 0 fully saturated rings. The second-order valence-electron chi connectivity index (χ2n) is 6.15. The Morgan fingerprint density at radius 3 is 2.96 bits per heavy atom. The summed E-state index contributed by atoms with van der Waals surface area (Å²) in [4.78, 5) is 20.7. The lowest BCUT2D eigenvalue weighted by atomic mass is 10.2. The number of hydrogen-bond donors (Lipinski definition) is 2. The van der Waals surface area contributed by atoms with Crippen LogP contribution in [0.25, 0.3) is 22.2 Å². The maximum Gasteiger partial charge on any atom is 0.226 e. The number of halogens is 1. The van der Waals surface area contributed by atoms with Crippen LogP contribution in [0.2, 0.25) is 5.28 Å². The average Bonchev–Trinajstić information content (AvgIpc) is 3.19. The summed E-state index contributed by atoms with van der Waals surface area (Å²) in [7, 11) is 0. The molecule has 0 aromatic carbocycles. The van der Waals surface area contributed by atoms with Crippen LogP contribution in [0, 0.1) is 0 Å². The lowest BCUT2D eigenvalue weighted by Crippen LogP contribution is -2.08. The quantitative estimate of drug-likeness (QED) is 0.534. The number of pyridine rings is 1. The van der Waals surface area contributed by atoms with Gasteiger partial charge in [0.05, 0.1) is 17.4 Å². The van der Waals surface area contributed by atoms with Crippen LogP contribution in [0.15, 0.2) is 30.9 Å². The summed E-state index contributed by atoms with van der Waals surface area (Å²) in [6, 6.07) is 4.19. The van der Waals surface area contributed by atoms with E-state index in [1.54, 1.807) is 12.5 Å². The Labute approximate surface area is 149 Å². The molecule has 4 rings (SSSR count). The molecule has 2 N–H and O–H groups in total. The van der Waals surface area contributed by atoms with E-state index in [0.29, 0.717) is 12.4 Å². The Bertz CT molecular complexity index is 1030. The lowest BCUT2D eigenvalue weighted by molar-refractivity contribution is 0.612. The van der Waals surface area contributed by atoms with Gasteiger partial charge in [0, 0.05) is 25.0 Å². The Morgan fingerprint density at radius 1 is 1.24 bits per heavy atom. The number of aromatic nitrogens is 6. The molecule has 0 amide bonds. The third-order valence-corrected chi connectivity index (χ3v) is 4.32. The number of nitrogens with zero attached hydrogens (tertiary/aromatic N) is 5. The van der Waals surface area contributed by atoms with Crippen LogP contribution in [-0.4, -0.2) is 36.0 Å². The van der Waals surface area contributed by atoms with Crippen molar-refractivity contribution in [3.8, 4) is 0 Å². The minimum Gasteiger partial charge on any atom is -0.368 e. The Balaban J connectivity index is 1.57. The fourth-order valence-corrected chi connectivity index (χ4v) is 3.07. The summed E-state index contributed by atoms with van der Waals surface area (Å²) in [6.07, 6.45) is 6.38. The van der Waals surface area contributed by atoms with Gasteiger partial charge < -0.3 is 14.9 Å². The molecule has 0 aliphatic rings. The molecule has 25 heavy (non-hydrogen) atoms. The molecule has 0 radical (unpaired) electrons. The van der Waals surface area contributed by atoms with E-state index in [-0.39, 0.29) is 11.3 Å². The summed E-state index contributed by atoms with van der Waals surface area (Å²) in [5.41, 5.74) is 4.67. The Hall–Kier alpha value is -2.67. The lowest BCUT2D eigenvalue weighted by Gasteiger charge is -2.09. The van der Waals surface area contributed by atoms with Crippen LogP contribution in [0.5, 0.6) is 0 Å². The van der Waals surface area contributed by atoms with E-state index in [1.165, 1.54) is 0 Å². The molecule has 0 aliphatic carbocycles. The number of rotatable bonds is 5. The summed E-state index contributed by atoms with van der Waals surface area (Å²) < 4.78 is 1.98. The Morgan fingerprint density at radius 2 is 2.12 bits per heavy atom. The molecule has 4 aromatic rings. The van der Waals surface area contributed by atoms with Crippen molar-refractivity contribution in [2.75, 3.05) is 11.9 Å². The van der Waals surface area contributed by atoms with Crippen LogP contribution in [0.3, 0.4) is 0 Å². The van der Waals surface area contributed by atoms with Gasteiger partial charge in [-0.2, -0.15) is 9.97 Å². The molecule has 0 saturated heterocycles. The number of imidazole rings is 1. The predicted molar refractivity (Wildman–Crippen MR) is 99.0 cm³/mol. The molecule has 8 heteroatoms. The highest BCUT2D eigenvalue weighted by atomic mass is 35.5. The van der Waals surface area contributed by atoms with E-state index in [0.717, 1.165) is 34.2 Å². The molecule has 0 aliphatic heterocycles. The van der Waals surface area contributed by atoms with Gasteiger partial charge in [0.15, 0.2) is 17.0 Å². The van der Waals surface area contributed by atoms with Gasteiger partial charge in [-0.3, -0.25) is 4.98 Å². The van der Waals surface area contributed by atoms with E-state index in [1.807, 2.05) is 22.9 Å². The number of anilines is 1. The zero-order chi connectivity index (χ0) is 17.4. The predicted octanol–water partition coefficient (Wildman–Crippen LogP) is 3.59. The van der Waals surface area contributed by atoms with Crippen molar-refractivity contribution in [3.05, 3.63) is 41.7 Å². The molecule has 0 unspecified atom stereocenters. The van der Waals surface area contributed by atoms with Gasteiger partial charge in [0.25, 0.3) is 0 Å². The van der Waals surface area contributed by atoms with Gasteiger partial charge >= 0.3 is 0 Å². The highest BCUT2D eigenvalue weighted by Crippen LogP contribution is 2.23. The van der Waals surface area contributed by atoms with E-state index in [9.17, 15) is 0 Å². The van der Waals surface area contributed by atoms with Crippen LogP contribution in [0.4, 0.5) is 5.82 Å². The number of nitrogens with one attached hydrogen (secondary N) is 2. The maximum atomic E-state index is 6.10. The van der Waals surface area contributed by atoms with Crippen LogP contribution in [-0.2, 0) is 6.42 Å². The molecule has 0 spiro atoms. The summed E-state index contributed by atoms with van der Waals surface area (Å²) in [5.74, 6) is 0.655. The average molecular weight is 356 g/mol. The molecule has 0 bridgehead atoms. The van der Waals surface area contributed by atoms with Crippen LogP contribution >= 0.6 is 11.6 Å². The second-order valence-corrected chi connectivity index (χ2v) is 6.49. The topological polar surface area (TPSA) is 84.3 Å². The highest BCUT2D eigenvalue weighted by molar-refractivity contribution is 6.28. The molecule has 4 aromatic heterocycles. The highest BCUT2D eigenvalue weighted by Gasteiger charge is 2.14. The smallest absolute Gasteiger partial charge is 0.226 e. The van der Waals surface area contributed by atoms with Gasteiger partial charge in [0.1, 0.15) is 0 Å². The zero-order valence-corrected chi connectivity index (χ0v) is 14.7. The minimum atomic E-state index is 0.214.